The lowest BCUT2D eigenvalue weighted by molar-refractivity contribution is -0.117. The number of carbonyl (C=O) groups excluding carboxylic acids is 1. The molecule has 1 aromatic carbocycles. The van der Waals surface area contributed by atoms with Crippen molar-refractivity contribution in [2.45, 2.75) is 6.04 Å². The number of aromatic nitrogens is 1. The smallest absolute Gasteiger partial charge is 0.242 e. The zero-order valence-corrected chi connectivity index (χ0v) is 12.5. The van der Waals surface area contributed by atoms with E-state index >= 15 is 0 Å². The van der Waals surface area contributed by atoms with Gasteiger partial charge in [-0.05, 0) is 24.3 Å². The number of thioether (sulfide) groups is 1. The second-order valence-corrected chi connectivity index (χ2v) is 6.53. The minimum absolute atomic E-state index is 0.0409. The highest BCUT2D eigenvalue weighted by Gasteiger charge is 2.20. The molecule has 1 amide bonds. The van der Waals surface area contributed by atoms with Gasteiger partial charge in [-0.15, -0.1) is 11.3 Å². The van der Waals surface area contributed by atoms with E-state index in [0.717, 1.165) is 34.3 Å². The van der Waals surface area contributed by atoms with Crippen molar-refractivity contribution < 1.29 is 4.79 Å². The minimum atomic E-state index is -0.0904. The Morgan fingerprint density at radius 3 is 2.85 bits per heavy atom. The number of anilines is 1. The summed E-state index contributed by atoms with van der Waals surface area (Å²) >= 11 is 3.42. The topological polar surface area (TPSA) is 54.0 Å². The van der Waals surface area contributed by atoms with Gasteiger partial charge in [-0.1, -0.05) is 0 Å². The van der Waals surface area contributed by atoms with Crippen molar-refractivity contribution >= 4 is 34.7 Å². The van der Waals surface area contributed by atoms with Crippen LogP contribution in [0.3, 0.4) is 0 Å². The normalized spacial score (nSPS) is 18.7. The van der Waals surface area contributed by atoms with Crippen molar-refractivity contribution in [3.63, 3.8) is 0 Å². The molecule has 0 aliphatic carbocycles. The average molecular weight is 305 g/mol. The van der Waals surface area contributed by atoms with Gasteiger partial charge in [0.15, 0.2) is 0 Å². The monoisotopic (exact) mass is 305 g/mol. The maximum Gasteiger partial charge on any atom is 0.242 e. The maximum absolute atomic E-state index is 12.1. The SMILES string of the molecule is O=C(Nc1ccc(-c2nccs2)cc1)C1CSCCN1. The van der Waals surface area contributed by atoms with E-state index in [1.54, 1.807) is 17.5 Å². The molecule has 20 heavy (non-hydrogen) atoms. The van der Waals surface area contributed by atoms with Gasteiger partial charge >= 0.3 is 0 Å². The number of thiazole rings is 1. The molecule has 6 heteroatoms. The predicted molar refractivity (Wildman–Crippen MR) is 85.3 cm³/mol. The molecule has 1 saturated heterocycles. The molecule has 0 spiro atoms. The fourth-order valence-electron chi connectivity index (χ4n) is 2.03. The Bertz CT molecular complexity index is 563. The van der Waals surface area contributed by atoms with Crippen molar-refractivity contribution in [2.24, 2.45) is 0 Å². The summed E-state index contributed by atoms with van der Waals surface area (Å²) in [5, 5.41) is 9.13. The molecule has 1 aliphatic heterocycles. The van der Waals surface area contributed by atoms with E-state index in [4.69, 9.17) is 0 Å². The van der Waals surface area contributed by atoms with E-state index in [-0.39, 0.29) is 11.9 Å². The molecule has 1 aliphatic rings. The van der Waals surface area contributed by atoms with E-state index in [0.29, 0.717) is 0 Å². The third-order valence-electron chi connectivity index (χ3n) is 3.07. The average Bonchev–Trinajstić information content (AvgIpc) is 3.03. The highest BCUT2D eigenvalue weighted by atomic mass is 32.2. The summed E-state index contributed by atoms with van der Waals surface area (Å²) in [6, 6.07) is 7.72. The molecule has 3 rings (SSSR count). The van der Waals surface area contributed by atoms with Crippen LogP contribution in [0.2, 0.25) is 0 Å². The molecular weight excluding hydrogens is 290 g/mol. The third kappa shape index (κ3) is 3.20. The van der Waals surface area contributed by atoms with Crippen LogP contribution in [0.1, 0.15) is 0 Å². The number of carbonyl (C=O) groups is 1. The summed E-state index contributed by atoms with van der Waals surface area (Å²) in [7, 11) is 0. The number of benzene rings is 1. The highest BCUT2D eigenvalue weighted by Crippen LogP contribution is 2.23. The van der Waals surface area contributed by atoms with Crippen molar-refractivity contribution in [1.29, 1.82) is 0 Å². The van der Waals surface area contributed by atoms with Gasteiger partial charge in [-0.25, -0.2) is 4.98 Å². The van der Waals surface area contributed by atoms with Crippen LogP contribution in [0.5, 0.6) is 0 Å². The number of amides is 1. The molecule has 2 N–H and O–H groups in total. The molecule has 1 aromatic heterocycles. The minimum Gasteiger partial charge on any atom is -0.325 e. The first-order valence-electron chi connectivity index (χ1n) is 6.45. The summed E-state index contributed by atoms with van der Waals surface area (Å²) in [5.74, 6) is 1.95. The molecule has 2 aromatic rings. The number of nitrogens with zero attached hydrogens (tertiary/aromatic N) is 1. The van der Waals surface area contributed by atoms with Gasteiger partial charge in [-0.2, -0.15) is 11.8 Å². The Balaban J connectivity index is 1.64. The molecule has 0 saturated carbocycles. The predicted octanol–water partition coefficient (Wildman–Crippen LogP) is 2.45. The summed E-state index contributed by atoms with van der Waals surface area (Å²) in [5.41, 5.74) is 1.90. The van der Waals surface area contributed by atoms with Crippen LogP contribution in [-0.4, -0.2) is 35.0 Å². The van der Waals surface area contributed by atoms with Crippen molar-refractivity contribution in [3.05, 3.63) is 35.8 Å². The number of hydrogen-bond acceptors (Lipinski definition) is 5. The van der Waals surface area contributed by atoms with Crippen LogP contribution in [-0.2, 0) is 4.79 Å². The van der Waals surface area contributed by atoms with E-state index in [2.05, 4.69) is 15.6 Å². The summed E-state index contributed by atoms with van der Waals surface area (Å²) in [4.78, 5) is 16.4. The second kappa shape index (κ2) is 6.39. The fourth-order valence-corrected chi connectivity index (χ4v) is 3.60. The van der Waals surface area contributed by atoms with E-state index in [9.17, 15) is 4.79 Å². The molecule has 104 valence electrons. The van der Waals surface area contributed by atoms with Gasteiger partial charge in [0.05, 0.1) is 6.04 Å². The van der Waals surface area contributed by atoms with Gasteiger partial charge in [0, 0.05) is 40.9 Å². The summed E-state index contributed by atoms with van der Waals surface area (Å²) < 4.78 is 0. The van der Waals surface area contributed by atoms with Crippen LogP contribution in [0.15, 0.2) is 35.8 Å². The lowest BCUT2D eigenvalue weighted by Gasteiger charge is -2.22. The number of hydrogen-bond donors (Lipinski definition) is 2. The van der Waals surface area contributed by atoms with Crippen LogP contribution in [0.4, 0.5) is 5.69 Å². The summed E-state index contributed by atoms with van der Waals surface area (Å²) in [6.07, 6.45) is 1.79. The van der Waals surface area contributed by atoms with Gasteiger partial charge in [0.1, 0.15) is 5.01 Å². The van der Waals surface area contributed by atoms with Crippen molar-refractivity contribution in [2.75, 3.05) is 23.4 Å². The molecule has 0 radical (unpaired) electrons. The first-order chi connectivity index (χ1) is 9.83. The Morgan fingerprint density at radius 1 is 1.35 bits per heavy atom. The van der Waals surface area contributed by atoms with Crippen LogP contribution < -0.4 is 10.6 Å². The van der Waals surface area contributed by atoms with Crippen LogP contribution in [0, 0.1) is 0 Å². The lowest BCUT2D eigenvalue weighted by Crippen LogP contribution is -2.46. The molecule has 1 unspecified atom stereocenters. The Labute approximate surface area is 126 Å². The zero-order chi connectivity index (χ0) is 13.8. The quantitative estimate of drug-likeness (QED) is 0.914. The first kappa shape index (κ1) is 13.6. The molecule has 2 heterocycles. The molecule has 1 atom stereocenters. The second-order valence-electron chi connectivity index (χ2n) is 4.49. The number of nitrogens with one attached hydrogen (secondary N) is 2. The fraction of sp³-hybridized carbons (Fsp3) is 0.286. The van der Waals surface area contributed by atoms with Crippen LogP contribution in [0.25, 0.3) is 10.6 Å². The van der Waals surface area contributed by atoms with Gasteiger partial charge < -0.3 is 10.6 Å². The molecule has 4 nitrogen and oxygen atoms in total. The highest BCUT2D eigenvalue weighted by molar-refractivity contribution is 7.99. The Hall–Kier alpha value is -1.37. The van der Waals surface area contributed by atoms with Crippen LogP contribution >= 0.6 is 23.1 Å². The van der Waals surface area contributed by atoms with Crippen molar-refractivity contribution in [3.8, 4) is 10.6 Å². The van der Waals surface area contributed by atoms with Gasteiger partial charge in [-0.3, -0.25) is 4.79 Å². The largest absolute Gasteiger partial charge is 0.325 e. The Morgan fingerprint density at radius 2 is 2.20 bits per heavy atom. The zero-order valence-electron chi connectivity index (χ0n) is 10.8. The Kier molecular flexibility index (Phi) is 4.34. The number of rotatable bonds is 3. The summed E-state index contributed by atoms with van der Waals surface area (Å²) in [6.45, 7) is 0.895. The molecule has 0 bridgehead atoms. The molecule has 1 fully saturated rings. The van der Waals surface area contributed by atoms with Crippen molar-refractivity contribution in [1.82, 2.24) is 10.3 Å². The maximum atomic E-state index is 12.1. The van der Waals surface area contributed by atoms with E-state index in [1.807, 2.05) is 41.4 Å². The van der Waals surface area contributed by atoms with E-state index in [1.165, 1.54) is 0 Å². The molecular formula is C14H15N3OS2. The van der Waals surface area contributed by atoms with Gasteiger partial charge in [0.25, 0.3) is 0 Å². The van der Waals surface area contributed by atoms with Gasteiger partial charge in [0.2, 0.25) is 5.91 Å². The standard InChI is InChI=1S/C14H15N3OS2/c18-13(12-9-19-7-5-15-12)17-11-3-1-10(2-4-11)14-16-6-8-20-14/h1-4,6,8,12,15H,5,7,9H2,(H,17,18). The lowest BCUT2D eigenvalue weighted by atomic mass is 10.2. The van der Waals surface area contributed by atoms with E-state index < -0.39 is 0 Å². The third-order valence-corrected chi connectivity index (χ3v) is 4.95. The first-order valence-corrected chi connectivity index (χ1v) is 8.48.